The quantitative estimate of drug-likeness (QED) is 0.380. The minimum atomic E-state index is -4.48. The van der Waals surface area contributed by atoms with Gasteiger partial charge in [0.15, 0.2) is 0 Å². The fraction of sp³-hybridized carbons (Fsp3) is 0.174. The molecule has 0 N–H and O–H groups in total. The maximum Gasteiger partial charge on any atom is 0.416 e. The predicted molar refractivity (Wildman–Crippen MR) is 120 cm³/mol. The molecule has 0 bridgehead atoms. The van der Waals surface area contributed by atoms with Crippen molar-refractivity contribution in [2.75, 3.05) is 0 Å². The molecule has 3 aromatic rings. The lowest BCUT2D eigenvalue weighted by Gasteiger charge is -2.25. The highest BCUT2D eigenvalue weighted by Gasteiger charge is 2.35. The lowest BCUT2D eigenvalue weighted by atomic mass is 10.1. The molecule has 0 saturated carbocycles. The second-order valence-electron chi connectivity index (χ2n) is 7.79. The van der Waals surface area contributed by atoms with Gasteiger partial charge in [-0.2, -0.15) is 26.0 Å². The third kappa shape index (κ3) is 5.14. The van der Waals surface area contributed by atoms with Crippen LogP contribution in [0.3, 0.4) is 0 Å². The van der Waals surface area contributed by atoms with Crippen LogP contribution in [-0.4, -0.2) is 21.8 Å². The minimum absolute atomic E-state index is 0.0420. The fourth-order valence-electron chi connectivity index (χ4n) is 3.22. The summed E-state index contributed by atoms with van der Waals surface area (Å²) in [4.78, 5) is 0.0420. The van der Waals surface area contributed by atoms with E-state index in [0.29, 0.717) is 10.9 Å². The van der Waals surface area contributed by atoms with Gasteiger partial charge in [-0.15, -0.1) is 0 Å². The van der Waals surface area contributed by atoms with Crippen LogP contribution in [0.1, 0.15) is 16.7 Å². The highest BCUT2D eigenvalue weighted by molar-refractivity contribution is 7.90. The Labute approximate surface area is 181 Å². The first-order valence-electron chi connectivity index (χ1n) is 9.56. The van der Waals surface area contributed by atoms with Crippen molar-refractivity contribution in [2.45, 2.75) is 31.1 Å². The normalized spacial score (nSPS) is 13.3. The number of sulfonamides is 1. The van der Waals surface area contributed by atoms with Crippen LogP contribution in [0.15, 0.2) is 88.2 Å². The molecule has 3 aromatic carbocycles. The molecule has 3 rings (SSSR count). The van der Waals surface area contributed by atoms with Gasteiger partial charge >= 0.3 is 6.18 Å². The second-order valence-corrected chi connectivity index (χ2v) is 13.7. The Bertz CT molecular complexity index is 1190. The van der Waals surface area contributed by atoms with Gasteiger partial charge in [0, 0.05) is 5.33 Å². The topological polar surface area (TPSA) is 46.5 Å². The third-order valence-corrected chi connectivity index (χ3v) is 9.92. The summed E-state index contributed by atoms with van der Waals surface area (Å²) < 4.78 is 69.4. The number of halogens is 3. The van der Waals surface area contributed by atoms with E-state index in [1.54, 1.807) is 12.1 Å². The molecular formula is C23H22F3NO2SSi. The maximum atomic E-state index is 13.1. The van der Waals surface area contributed by atoms with Crippen molar-refractivity contribution in [3.8, 4) is 0 Å². The molecule has 0 aromatic heterocycles. The molecule has 0 spiro atoms. The molecule has 0 amide bonds. The molecular weight excluding hydrogens is 439 g/mol. The highest BCUT2D eigenvalue weighted by Crippen LogP contribution is 2.30. The first-order valence-corrected chi connectivity index (χ1v) is 14.0. The van der Waals surface area contributed by atoms with Gasteiger partial charge in [0.25, 0.3) is 10.0 Å². The van der Waals surface area contributed by atoms with Crippen molar-refractivity contribution < 1.29 is 21.6 Å². The van der Waals surface area contributed by atoms with E-state index in [2.05, 4.69) is 4.40 Å². The summed E-state index contributed by atoms with van der Waals surface area (Å²) in [6.45, 7) is 5.71. The molecule has 0 atom stereocenters. The van der Waals surface area contributed by atoms with Crippen molar-refractivity contribution in [1.82, 2.24) is 0 Å². The van der Waals surface area contributed by atoms with Crippen LogP contribution in [-0.2, 0) is 16.2 Å². The van der Waals surface area contributed by atoms with Gasteiger partial charge < -0.3 is 0 Å². The molecule has 0 unspecified atom stereocenters. The van der Waals surface area contributed by atoms with Crippen LogP contribution in [0.4, 0.5) is 13.2 Å². The molecule has 8 heteroatoms. The lowest BCUT2D eigenvalue weighted by molar-refractivity contribution is -0.137. The highest BCUT2D eigenvalue weighted by atomic mass is 32.2. The van der Waals surface area contributed by atoms with Gasteiger partial charge in [-0.1, -0.05) is 78.4 Å². The predicted octanol–water partition coefficient (Wildman–Crippen LogP) is 5.35. The average Bonchev–Trinajstić information content (AvgIpc) is 2.72. The van der Waals surface area contributed by atoms with Crippen LogP contribution >= 0.6 is 0 Å². The van der Waals surface area contributed by atoms with Crippen molar-refractivity contribution in [2.24, 2.45) is 4.40 Å². The Kier molecular flexibility index (Phi) is 6.25. The Morgan fingerprint density at radius 1 is 0.839 bits per heavy atom. The van der Waals surface area contributed by atoms with Gasteiger partial charge in [0.05, 0.1) is 10.5 Å². The van der Waals surface area contributed by atoms with E-state index in [1.807, 2.05) is 50.3 Å². The van der Waals surface area contributed by atoms with Gasteiger partial charge in [0.2, 0.25) is 0 Å². The zero-order chi connectivity index (χ0) is 22.9. The summed E-state index contributed by atoms with van der Waals surface area (Å²) in [6, 6.07) is 20.2. The van der Waals surface area contributed by atoms with Crippen LogP contribution in [0.2, 0.25) is 13.1 Å². The number of hydrogen-bond acceptors (Lipinski definition) is 2. The summed E-state index contributed by atoms with van der Waals surface area (Å²) in [5.74, 6) is 0. The second kappa shape index (κ2) is 8.43. The molecule has 0 saturated heterocycles. The van der Waals surface area contributed by atoms with E-state index < -0.39 is 29.8 Å². The largest absolute Gasteiger partial charge is 0.416 e. The van der Waals surface area contributed by atoms with E-state index >= 15 is 0 Å². The summed E-state index contributed by atoms with van der Waals surface area (Å²) in [5, 5.41) is 1.22. The molecule has 0 aliphatic heterocycles. The zero-order valence-electron chi connectivity index (χ0n) is 17.3. The minimum Gasteiger partial charge on any atom is -0.199 e. The van der Waals surface area contributed by atoms with Crippen LogP contribution in [0.5, 0.6) is 0 Å². The number of aryl methyl sites for hydroxylation is 1. The molecule has 0 aliphatic carbocycles. The monoisotopic (exact) mass is 461 g/mol. The Hall–Kier alpha value is -2.71. The first-order chi connectivity index (χ1) is 14.4. The smallest absolute Gasteiger partial charge is 0.199 e. The van der Waals surface area contributed by atoms with Crippen molar-refractivity contribution >= 4 is 28.6 Å². The van der Waals surface area contributed by atoms with Crippen LogP contribution in [0, 0.1) is 6.92 Å². The van der Waals surface area contributed by atoms with E-state index in [1.165, 1.54) is 24.3 Å². The number of nitrogens with zero attached hydrogens (tertiary/aromatic N) is 1. The van der Waals surface area contributed by atoms with Gasteiger partial charge in [-0.05, 0) is 36.8 Å². The van der Waals surface area contributed by atoms with Gasteiger partial charge in [-0.3, -0.25) is 0 Å². The summed E-state index contributed by atoms with van der Waals surface area (Å²) in [6.07, 6.45) is -4.48. The molecule has 0 heterocycles. The van der Waals surface area contributed by atoms with Gasteiger partial charge in [-0.25, -0.2) is 0 Å². The zero-order valence-corrected chi connectivity index (χ0v) is 19.1. The lowest BCUT2D eigenvalue weighted by Crippen LogP contribution is -2.50. The van der Waals surface area contributed by atoms with Crippen molar-refractivity contribution in [1.29, 1.82) is 0 Å². The van der Waals surface area contributed by atoms with Crippen molar-refractivity contribution in [3.63, 3.8) is 0 Å². The number of benzene rings is 3. The number of rotatable bonds is 5. The molecule has 0 fully saturated rings. The SMILES string of the molecule is Cc1ccc(S(=O)(=O)/N=C(\c2ccc(C(F)(F)F)cc2)[Si](C)(C)c2ccccc2)cc1. The van der Waals surface area contributed by atoms with E-state index in [0.717, 1.165) is 22.9 Å². The molecule has 3 nitrogen and oxygen atoms in total. The summed E-state index contributed by atoms with van der Waals surface area (Å²) >= 11 is 0. The summed E-state index contributed by atoms with van der Waals surface area (Å²) in [5.41, 5.74) is 0.477. The Morgan fingerprint density at radius 3 is 1.90 bits per heavy atom. The fourth-order valence-corrected chi connectivity index (χ4v) is 7.61. The standard InChI is InChI=1S/C23H22F3NO2SSi/c1-17-9-15-20(16-10-17)30(28,29)27-22(31(2,3)21-7-5-4-6-8-21)18-11-13-19(14-12-18)23(24,25)26/h4-16H,1-3H3/b27-22+. The van der Waals surface area contributed by atoms with Crippen LogP contribution in [0.25, 0.3) is 0 Å². The van der Waals surface area contributed by atoms with Crippen LogP contribution < -0.4 is 5.19 Å². The first kappa shape index (κ1) is 23.0. The molecule has 0 radical (unpaired) electrons. The van der Waals surface area contributed by atoms with Crippen molar-refractivity contribution in [3.05, 3.63) is 95.6 Å². The Balaban J connectivity index is 2.19. The molecule has 31 heavy (non-hydrogen) atoms. The van der Waals surface area contributed by atoms with E-state index in [-0.39, 0.29) is 4.90 Å². The average molecular weight is 462 g/mol. The number of alkyl halides is 3. The third-order valence-electron chi connectivity index (χ3n) is 5.10. The Morgan fingerprint density at radius 2 is 1.39 bits per heavy atom. The number of hydrogen-bond donors (Lipinski definition) is 0. The van der Waals surface area contributed by atoms with E-state index in [4.69, 9.17) is 0 Å². The van der Waals surface area contributed by atoms with E-state index in [9.17, 15) is 21.6 Å². The molecule has 162 valence electrons. The maximum absolute atomic E-state index is 13.1. The molecule has 0 aliphatic rings. The summed E-state index contributed by atoms with van der Waals surface area (Å²) in [7, 11) is -6.73. The van der Waals surface area contributed by atoms with Gasteiger partial charge in [0.1, 0.15) is 8.07 Å².